The number of thiophene rings is 1. The first-order valence-corrected chi connectivity index (χ1v) is 7.12. The van der Waals surface area contributed by atoms with Crippen LogP contribution in [0.3, 0.4) is 0 Å². The van der Waals surface area contributed by atoms with E-state index < -0.39 is 0 Å². The highest BCUT2D eigenvalue weighted by molar-refractivity contribution is 7.16. The van der Waals surface area contributed by atoms with Crippen molar-refractivity contribution in [1.82, 2.24) is 4.90 Å². The van der Waals surface area contributed by atoms with E-state index in [-0.39, 0.29) is 11.8 Å². The summed E-state index contributed by atoms with van der Waals surface area (Å²) in [5, 5.41) is 0. The van der Waals surface area contributed by atoms with E-state index in [2.05, 4.69) is 6.58 Å². The Morgan fingerprint density at radius 2 is 2.39 bits per heavy atom. The van der Waals surface area contributed by atoms with Crippen molar-refractivity contribution >= 4 is 28.8 Å². The smallest absolute Gasteiger partial charge is 0.226 e. The molecule has 0 spiro atoms. The third-order valence-electron chi connectivity index (χ3n) is 2.66. The maximum absolute atomic E-state index is 12.2. The number of halogens is 1. The number of hydrogen-bond acceptors (Lipinski definition) is 3. The highest BCUT2D eigenvalue weighted by Gasteiger charge is 2.19. The van der Waals surface area contributed by atoms with Gasteiger partial charge in [0.1, 0.15) is 0 Å². The van der Waals surface area contributed by atoms with Crippen LogP contribution in [0.4, 0.5) is 0 Å². The lowest BCUT2D eigenvalue weighted by molar-refractivity contribution is -0.135. The fourth-order valence-electron chi connectivity index (χ4n) is 1.70. The van der Waals surface area contributed by atoms with Gasteiger partial charge >= 0.3 is 0 Å². The topological polar surface area (TPSA) is 46.3 Å². The molecule has 3 nitrogen and oxygen atoms in total. The molecular weight excluding hydrogens is 268 g/mol. The highest BCUT2D eigenvalue weighted by Crippen LogP contribution is 2.23. The highest BCUT2D eigenvalue weighted by atomic mass is 35.5. The van der Waals surface area contributed by atoms with Gasteiger partial charge in [-0.25, -0.2) is 0 Å². The van der Waals surface area contributed by atoms with Crippen LogP contribution in [0.1, 0.15) is 18.2 Å². The van der Waals surface area contributed by atoms with E-state index in [0.717, 1.165) is 9.21 Å². The molecule has 0 saturated heterocycles. The SMILES string of the molecule is C=CCN(Cc1ccc(Cl)s1)C(=O)C(C)CCN. The van der Waals surface area contributed by atoms with Crippen molar-refractivity contribution in [2.75, 3.05) is 13.1 Å². The van der Waals surface area contributed by atoms with Gasteiger partial charge in [-0.2, -0.15) is 0 Å². The Hall–Kier alpha value is -0.840. The number of nitrogens with zero attached hydrogens (tertiary/aromatic N) is 1. The Morgan fingerprint density at radius 3 is 2.89 bits per heavy atom. The molecule has 0 fully saturated rings. The van der Waals surface area contributed by atoms with E-state index in [4.69, 9.17) is 17.3 Å². The van der Waals surface area contributed by atoms with E-state index in [1.54, 1.807) is 11.0 Å². The quantitative estimate of drug-likeness (QED) is 0.784. The summed E-state index contributed by atoms with van der Waals surface area (Å²) in [4.78, 5) is 15.1. The maximum Gasteiger partial charge on any atom is 0.226 e. The van der Waals surface area contributed by atoms with Crippen LogP contribution in [-0.2, 0) is 11.3 Å². The number of amides is 1. The van der Waals surface area contributed by atoms with Crippen molar-refractivity contribution in [3.8, 4) is 0 Å². The molecule has 0 aliphatic heterocycles. The van der Waals surface area contributed by atoms with Gasteiger partial charge < -0.3 is 10.6 Å². The van der Waals surface area contributed by atoms with Gasteiger partial charge in [0.25, 0.3) is 0 Å². The normalized spacial score (nSPS) is 12.2. The summed E-state index contributed by atoms with van der Waals surface area (Å²) in [6.07, 6.45) is 2.44. The lowest BCUT2D eigenvalue weighted by Gasteiger charge is -2.24. The van der Waals surface area contributed by atoms with Crippen LogP contribution in [0, 0.1) is 5.92 Å². The van der Waals surface area contributed by atoms with Crippen LogP contribution in [0.25, 0.3) is 0 Å². The lowest BCUT2D eigenvalue weighted by atomic mass is 10.1. The molecule has 100 valence electrons. The summed E-state index contributed by atoms with van der Waals surface area (Å²) in [5.74, 6) is 0.0651. The Labute approximate surface area is 117 Å². The average molecular weight is 287 g/mol. The molecule has 1 rings (SSSR count). The summed E-state index contributed by atoms with van der Waals surface area (Å²) < 4.78 is 0.742. The number of carbonyl (C=O) groups is 1. The number of hydrogen-bond donors (Lipinski definition) is 1. The monoisotopic (exact) mass is 286 g/mol. The van der Waals surface area contributed by atoms with Gasteiger partial charge in [0.2, 0.25) is 5.91 Å². The minimum absolute atomic E-state index is 0.0506. The molecule has 18 heavy (non-hydrogen) atoms. The van der Waals surface area contributed by atoms with Gasteiger partial charge in [-0.3, -0.25) is 4.79 Å². The summed E-state index contributed by atoms with van der Waals surface area (Å²) in [6, 6.07) is 3.80. The molecule has 5 heteroatoms. The van der Waals surface area contributed by atoms with E-state index in [1.807, 2.05) is 19.1 Å². The largest absolute Gasteiger partial charge is 0.334 e. The van der Waals surface area contributed by atoms with Gasteiger partial charge in [0, 0.05) is 17.3 Å². The first-order valence-electron chi connectivity index (χ1n) is 5.92. The predicted octanol–water partition coefficient (Wildman–Crippen LogP) is 2.90. The Bertz CT molecular complexity index is 405. The zero-order valence-electron chi connectivity index (χ0n) is 10.6. The first kappa shape index (κ1) is 15.2. The molecule has 1 unspecified atom stereocenters. The average Bonchev–Trinajstić information content (AvgIpc) is 2.73. The molecule has 0 radical (unpaired) electrons. The van der Waals surface area contributed by atoms with Crippen LogP contribution in [0.5, 0.6) is 0 Å². The standard InChI is InChI=1S/C13H19ClN2OS/c1-3-8-16(13(17)10(2)6-7-15)9-11-4-5-12(14)18-11/h3-5,10H,1,6-9,15H2,2H3. The van der Waals surface area contributed by atoms with Gasteiger partial charge in [0.15, 0.2) is 0 Å². The van der Waals surface area contributed by atoms with Crippen LogP contribution in [0.15, 0.2) is 24.8 Å². The molecule has 1 heterocycles. The molecule has 1 amide bonds. The molecule has 2 N–H and O–H groups in total. The van der Waals surface area contributed by atoms with Crippen molar-refractivity contribution in [2.24, 2.45) is 11.7 Å². The van der Waals surface area contributed by atoms with Crippen LogP contribution >= 0.6 is 22.9 Å². The van der Waals surface area contributed by atoms with Crippen LogP contribution in [-0.4, -0.2) is 23.9 Å². The van der Waals surface area contributed by atoms with Crippen molar-refractivity contribution in [3.63, 3.8) is 0 Å². The zero-order chi connectivity index (χ0) is 13.5. The molecule has 0 saturated carbocycles. The van der Waals surface area contributed by atoms with Crippen LogP contribution in [0.2, 0.25) is 4.34 Å². The lowest BCUT2D eigenvalue weighted by Crippen LogP contribution is -2.35. The predicted molar refractivity (Wildman–Crippen MR) is 77.8 cm³/mol. The fourth-order valence-corrected chi connectivity index (χ4v) is 2.80. The Balaban J connectivity index is 2.69. The second-order valence-electron chi connectivity index (χ2n) is 4.19. The molecule has 0 bridgehead atoms. The summed E-state index contributed by atoms with van der Waals surface area (Å²) in [5.41, 5.74) is 5.49. The van der Waals surface area contributed by atoms with Gasteiger partial charge in [-0.1, -0.05) is 24.6 Å². The Kier molecular flexibility index (Phi) is 6.39. The van der Waals surface area contributed by atoms with E-state index in [0.29, 0.717) is 26.1 Å². The maximum atomic E-state index is 12.2. The Morgan fingerprint density at radius 1 is 1.67 bits per heavy atom. The van der Waals surface area contributed by atoms with E-state index in [9.17, 15) is 4.79 Å². The molecule has 0 aliphatic carbocycles. The third kappa shape index (κ3) is 4.44. The second kappa shape index (κ2) is 7.56. The number of rotatable bonds is 7. The van der Waals surface area contributed by atoms with Gasteiger partial charge in [-0.05, 0) is 25.1 Å². The van der Waals surface area contributed by atoms with E-state index in [1.165, 1.54) is 11.3 Å². The van der Waals surface area contributed by atoms with Crippen molar-refractivity contribution in [1.29, 1.82) is 0 Å². The molecule has 1 aromatic heterocycles. The molecular formula is C13H19ClN2OS. The summed E-state index contributed by atoms with van der Waals surface area (Å²) in [6.45, 7) is 7.26. The molecule has 1 atom stereocenters. The van der Waals surface area contributed by atoms with E-state index >= 15 is 0 Å². The second-order valence-corrected chi connectivity index (χ2v) is 5.99. The fraction of sp³-hybridized carbons (Fsp3) is 0.462. The minimum atomic E-state index is -0.0506. The summed E-state index contributed by atoms with van der Waals surface area (Å²) in [7, 11) is 0. The molecule has 0 aromatic carbocycles. The van der Waals surface area contributed by atoms with Crippen LogP contribution < -0.4 is 5.73 Å². The van der Waals surface area contributed by atoms with Crippen molar-refractivity contribution in [3.05, 3.63) is 34.0 Å². The minimum Gasteiger partial charge on any atom is -0.334 e. The third-order valence-corrected chi connectivity index (χ3v) is 3.87. The molecule has 1 aromatic rings. The first-order chi connectivity index (χ1) is 8.58. The number of nitrogens with two attached hydrogens (primary N) is 1. The van der Waals surface area contributed by atoms with Gasteiger partial charge in [0.05, 0.1) is 10.9 Å². The van der Waals surface area contributed by atoms with Gasteiger partial charge in [-0.15, -0.1) is 17.9 Å². The zero-order valence-corrected chi connectivity index (χ0v) is 12.1. The number of carbonyl (C=O) groups excluding carboxylic acids is 1. The van der Waals surface area contributed by atoms with Crippen molar-refractivity contribution in [2.45, 2.75) is 19.9 Å². The van der Waals surface area contributed by atoms with Crippen molar-refractivity contribution < 1.29 is 4.79 Å². The summed E-state index contributed by atoms with van der Waals surface area (Å²) >= 11 is 7.39. The molecule has 0 aliphatic rings.